The van der Waals surface area contributed by atoms with Crippen LogP contribution in [0.15, 0.2) is 43.0 Å². The van der Waals surface area contributed by atoms with Crippen LogP contribution in [-0.4, -0.2) is 23.8 Å². The van der Waals surface area contributed by atoms with Crippen LogP contribution in [0.1, 0.15) is 69.9 Å². The zero-order valence-corrected chi connectivity index (χ0v) is 16.8. The van der Waals surface area contributed by atoms with Crippen molar-refractivity contribution in [3.8, 4) is 0 Å². The van der Waals surface area contributed by atoms with Gasteiger partial charge in [-0.05, 0) is 31.7 Å². The lowest BCUT2D eigenvalue weighted by atomic mass is 10.1. The first kappa shape index (κ1) is 23.4. The molecule has 0 unspecified atom stereocenters. The van der Waals surface area contributed by atoms with Crippen molar-refractivity contribution < 1.29 is 14.4 Å². The SMILES string of the molecule is C=CCCCCCC[C@H](NC(=O)CCC(=O)N[C@H](C)c1ccccc1)C(N)=O. The van der Waals surface area contributed by atoms with Gasteiger partial charge in [-0.2, -0.15) is 0 Å². The molecule has 2 atom stereocenters. The molecule has 1 rings (SSSR count). The van der Waals surface area contributed by atoms with Gasteiger partial charge in [0, 0.05) is 12.8 Å². The van der Waals surface area contributed by atoms with Crippen molar-refractivity contribution in [1.29, 1.82) is 0 Å². The van der Waals surface area contributed by atoms with E-state index < -0.39 is 11.9 Å². The Bertz CT molecular complexity index is 631. The Morgan fingerprint density at radius 1 is 1.00 bits per heavy atom. The minimum absolute atomic E-state index is 0.0243. The molecule has 1 aromatic rings. The fraction of sp³-hybridized carbons (Fsp3) is 0.500. The topological polar surface area (TPSA) is 101 Å². The van der Waals surface area contributed by atoms with Crippen molar-refractivity contribution >= 4 is 17.7 Å². The van der Waals surface area contributed by atoms with Crippen LogP contribution in [-0.2, 0) is 14.4 Å². The lowest BCUT2D eigenvalue weighted by molar-refractivity contribution is -0.129. The summed E-state index contributed by atoms with van der Waals surface area (Å²) in [6.07, 6.45) is 7.43. The van der Waals surface area contributed by atoms with Crippen molar-refractivity contribution in [2.24, 2.45) is 5.73 Å². The fourth-order valence-electron chi connectivity index (χ4n) is 2.91. The maximum atomic E-state index is 12.1. The molecule has 0 spiro atoms. The predicted molar refractivity (Wildman–Crippen MR) is 111 cm³/mol. The highest BCUT2D eigenvalue weighted by Gasteiger charge is 2.18. The van der Waals surface area contributed by atoms with Crippen molar-refractivity contribution in [2.75, 3.05) is 0 Å². The Kier molecular flexibility index (Phi) is 11.3. The Labute approximate surface area is 168 Å². The molecule has 0 aliphatic rings. The minimum atomic E-state index is -0.682. The first-order chi connectivity index (χ1) is 13.4. The van der Waals surface area contributed by atoms with E-state index in [0.717, 1.165) is 37.7 Å². The second-order valence-electron chi connectivity index (χ2n) is 7.00. The number of benzene rings is 1. The van der Waals surface area contributed by atoms with Crippen LogP contribution in [0.25, 0.3) is 0 Å². The third-order valence-electron chi connectivity index (χ3n) is 4.59. The monoisotopic (exact) mass is 387 g/mol. The number of nitrogens with two attached hydrogens (primary N) is 1. The molecule has 0 heterocycles. The van der Waals surface area contributed by atoms with E-state index in [0.29, 0.717) is 6.42 Å². The second kappa shape index (κ2) is 13.5. The van der Waals surface area contributed by atoms with Crippen LogP contribution in [0.2, 0.25) is 0 Å². The van der Waals surface area contributed by atoms with E-state index in [-0.39, 0.29) is 30.7 Å². The molecule has 4 N–H and O–H groups in total. The van der Waals surface area contributed by atoms with E-state index in [1.807, 2.05) is 43.3 Å². The highest BCUT2D eigenvalue weighted by molar-refractivity contribution is 5.88. The van der Waals surface area contributed by atoms with Crippen molar-refractivity contribution in [3.63, 3.8) is 0 Å². The number of nitrogens with one attached hydrogen (secondary N) is 2. The number of primary amides is 1. The van der Waals surface area contributed by atoms with Crippen LogP contribution in [0, 0.1) is 0 Å². The van der Waals surface area contributed by atoms with E-state index in [1.165, 1.54) is 0 Å². The molecule has 0 aromatic heterocycles. The molecule has 1 aromatic carbocycles. The number of amides is 3. The number of allylic oxidation sites excluding steroid dienone is 1. The molecule has 154 valence electrons. The fourth-order valence-corrected chi connectivity index (χ4v) is 2.91. The van der Waals surface area contributed by atoms with E-state index >= 15 is 0 Å². The quantitative estimate of drug-likeness (QED) is 0.338. The molecule has 0 radical (unpaired) electrons. The van der Waals surface area contributed by atoms with E-state index in [2.05, 4.69) is 17.2 Å². The molecule has 6 heteroatoms. The predicted octanol–water partition coefficient (Wildman–Crippen LogP) is 3.14. The average Bonchev–Trinajstić information content (AvgIpc) is 2.68. The third-order valence-corrected chi connectivity index (χ3v) is 4.59. The Morgan fingerprint density at radius 2 is 1.61 bits per heavy atom. The Morgan fingerprint density at radius 3 is 2.21 bits per heavy atom. The number of carbonyl (C=O) groups excluding carboxylic acids is 3. The summed E-state index contributed by atoms with van der Waals surface area (Å²) < 4.78 is 0. The second-order valence-corrected chi connectivity index (χ2v) is 7.00. The van der Waals surface area contributed by atoms with E-state index in [9.17, 15) is 14.4 Å². The highest BCUT2D eigenvalue weighted by atomic mass is 16.2. The first-order valence-corrected chi connectivity index (χ1v) is 9.98. The van der Waals surface area contributed by atoms with Crippen LogP contribution >= 0.6 is 0 Å². The highest BCUT2D eigenvalue weighted by Crippen LogP contribution is 2.11. The maximum absolute atomic E-state index is 12.1. The van der Waals surface area contributed by atoms with Gasteiger partial charge >= 0.3 is 0 Å². The summed E-state index contributed by atoms with van der Waals surface area (Å²) in [6.45, 7) is 5.58. The third kappa shape index (κ3) is 9.90. The zero-order valence-electron chi connectivity index (χ0n) is 16.8. The van der Waals surface area contributed by atoms with Crippen LogP contribution < -0.4 is 16.4 Å². The normalized spacial score (nSPS) is 12.6. The molecule has 0 aliphatic carbocycles. The summed E-state index contributed by atoms with van der Waals surface area (Å²) in [7, 11) is 0. The molecule has 0 aliphatic heterocycles. The number of carbonyl (C=O) groups is 3. The van der Waals surface area contributed by atoms with Gasteiger partial charge in [0.25, 0.3) is 0 Å². The van der Waals surface area contributed by atoms with Gasteiger partial charge in [0.1, 0.15) is 6.04 Å². The summed E-state index contributed by atoms with van der Waals surface area (Å²) >= 11 is 0. The summed E-state index contributed by atoms with van der Waals surface area (Å²) in [6, 6.07) is 8.80. The molecule has 3 amide bonds. The standard InChI is InChI=1S/C22H33N3O3/c1-3-4-5-6-7-11-14-19(22(23)28)25-21(27)16-15-20(26)24-17(2)18-12-9-8-10-13-18/h3,8-10,12-13,17,19H,1,4-7,11,14-16H2,2H3,(H2,23,28)(H,24,26)(H,25,27)/t17-,19+/m1/s1. The summed E-state index contributed by atoms with van der Waals surface area (Å²) in [4.78, 5) is 35.7. The van der Waals surface area contributed by atoms with E-state index in [1.54, 1.807) is 0 Å². The summed E-state index contributed by atoms with van der Waals surface area (Å²) in [5, 5.41) is 5.52. The number of unbranched alkanes of at least 4 members (excludes halogenated alkanes) is 4. The van der Waals surface area contributed by atoms with Crippen LogP contribution in [0.5, 0.6) is 0 Å². The molecular formula is C22H33N3O3. The zero-order chi connectivity index (χ0) is 20.8. The number of rotatable bonds is 14. The largest absolute Gasteiger partial charge is 0.368 e. The minimum Gasteiger partial charge on any atom is -0.368 e. The maximum Gasteiger partial charge on any atom is 0.239 e. The number of hydrogen-bond acceptors (Lipinski definition) is 3. The van der Waals surface area contributed by atoms with Crippen molar-refractivity contribution in [1.82, 2.24) is 10.6 Å². The molecule has 0 saturated carbocycles. The molecule has 0 bridgehead atoms. The van der Waals surface area contributed by atoms with Gasteiger partial charge < -0.3 is 16.4 Å². The Hall–Kier alpha value is -2.63. The molecule has 6 nitrogen and oxygen atoms in total. The first-order valence-electron chi connectivity index (χ1n) is 9.98. The average molecular weight is 388 g/mol. The van der Waals surface area contributed by atoms with Gasteiger partial charge in [-0.1, -0.05) is 55.7 Å². The van der Waals surface area contributed by atoms with Crippen LogP contribution in [0.3, 0.4) is 0 Å². The lowest BCUT2D eigenvalue weighted by Gasteiger charge is -2.16. The summed E-state index contributed by atoms with van der Waals surface area (Å²) in [5.41, 5.74) is 6.39. The van der Waals surface area contributed by atoms with Gasteiger partial charge in [0.05, 0.1) is 6.04 Å². The van der Waals surface area contributed by atoms with Crippen molar-refractivity contribution in [3.05, 3.63) is 48.6 Å². The van der Waals surface area contributed by atoms with Gasteiger partial charge in [-0.25, -0.2) is 0 Å². The van der Waals surface area contributed by atoms with Gasteiger partial charge in [0.2, 0.25) is 17.7 Å². The molecular weight excluding hydrogens is 354 g/mol. The van der Waals surface area contributed by atoms with Gasteiger partial charge in [-0.3, -0.25) is 14.4 Å². The number of hydrogen-bond donors (Lipinski definition) is 3. The Balaban J connectivity index is 2.30. The van der Waals surface area contributed by atoms with E-state index in [4.69, 9.17) is 5.73 Å². The van der Waals surface area contributed by atoms with Crippen molar-refractivity contribution in [2.45, 2.75) is 70.4 Å². The smallest absolute Gasteiger partial charge is 0.239 e. The summed E-state index contributed by atoms with van der Waals surface area (Å²) in [5.74, 6) is -1.08. The van der Waals surface area contributed by atoms with Gasteiger partial charge in [-0.15, -0.1) is 6.58 Å². The van der Waals surface area contributed by atoms with Gasteiger partial charge in [0.15, 0.2) is 0 Å². The molecule has 28 heavy (non-hydrogen) atoms. The van der Waals surface area contributed by atoms with Crippen LogP contribution in [0.4, 0.5) is 0 Å². The molecule has 0 saturated heterocycles. The lowest BCUT2D eigenvalue weighted by Crippen LogP contribution is -2.44. The molecule has 0 fully saturated rings.